The maximum absolute atomic E-state index is 12.8. The van der Waals surface area contributed by atoms with E-state index in [0.717, 1.165) is 24.2 Å². The van der Waals surface area contributed by atoms with E-state index in [1.807, 2.05) is 0 Å². The number of rotatable bonds is 5. The molecule has 0 aliphatic heterocycles. The van der Waals surface area contributed by atoms with Crippen LogP contribution in [0.25, 0.3) is 0 Å². The molecule has 0 bridgehead atoms. The first-order chi connectivity index (χ1) is 8.74. The number of aliphatic hydroxyl groups excluding tert-OH is 1. The van der Waals surface area contributed by atoms with Gasteiger partial charge in [-0.15, -0.1) is 5.10 Å². The van der Waals surface area contributed by atoms with Crippen LogP contribution in [-0.4, -0.2) is 20.1 Å². The third kappa shape index (κ3) is 2.73. The summed E-state index contributed by atoms with van der Waals surface area (Å²) in [5.74, 6) is -0.249. The third-order valence-corrected chi connectivity index (χ3v) is 2.79. The summed E-state index contributed by atoms with van der Waals surface area (Å²) < 4.78 is 14.6. The molecule has 0 saturated carbocycles. The maximum Gasteiger partial charge on any atom is 0.123 e. The van der Waals surface area contributed by atoms with E-state index in [2.05, 4.69) is 17.2 Å². The number of aryl methyl sites for hydroxylation is 1. The van der Waals surface area contributed by atoms with E-state index in [0.29, 0.717) is 12.1 Å². The average Bonchev–Trinajstić information content (AvgIpc) is 2.75. The fourth-order valence-electron chi connectivity index (χ4n) is 1.87. The monoisotopic (exact) mass is 249 g/mol. The van der Waals surface area contributed by atoms with Crippen LogP contribution < -0.4 is 0 Å². The molecule has 1 N–H and O–H groups in total. The van der Waals surface area contributed by atoms with Crippen molar-refractivity contribution in [3.05, 3.63) is 47.0 Å². The van der Waals surface area contributed by atoms with Gasteiger partial charge in [0.05, 0.1) is 12.3 Å². The van der Waals surface area contributed by atoms with Gasteiger partial charge < -0.3 is 5.11 Å². The summed E-state index contributed by atoms with van der Waals surface area (Å²) in [5, 5.41) is 17.2. The Hall–Kier alpha value is -1.75. The molecule has 5 heteroatoms. The van der Waals surface area contributed by atoms with Crippen LogP contribution in [0, 0.1) is 5.82 Å². The van der Waals surface area contributed by atoms with Crippen LogP contribution in [0.1, 0.15) is 30.3 Å². The highest BCUT2D eigenvalue weighted by Crippen LogP contribution is 2.13. The summed E-state index contributed by atoms with van der Waals surface area (Å²) >= 11 is 0. The lowest BCUT2D eigenvalue weighted by molar-refractivity contribution is 0.275. The lowest BCUT2D eigenvalue weighted by Gasteiger charge is -2.06. The van der Waals surface area contributed by atoms with Crippen molar-refractivity contribution in [3.63, 3.8) is 0 Å². The Balaban J connectivity index is 2.26. The number of hydrogen-bond donors (Lipinski definition) is 1. The third-order valence-electron chi connectivity index (χ3n) is 2.79. The molecule has 1 aromatic heterocycles. The fourth-order valence-corrected chi connectivity index (χ4v) is 1.87. The second kappa shape index (κ2) is 5.73. The molecule has 0 spiro atoms. The first kappa shape index (κ1) is 12.7. The predicted molar refractivity (Wildman–Crippen MR) is 65.4 cm³/mol. The summed E-state index contributed by atoms with van der Waals surface area (Å²) in [6.45, 7) is 2.70. The highest BCUT2D eigenvalue weighted by Gasteiger charge is 2.12. The minimum Gasteiger partial charge on any atom is -0.390 e. The Morgan fingerprint density at radius 1 is 1.28 bits per heavy atom. The van der Waals surface area contributed by atoms with E-state index >= 15 is 0 Å². The van der Waals surface area contributed by atoms with Crippen LogP contribution in [0.4, 0.5) is 4.39 Å². The first-order valence-corrected chi connectivity index (χ1v) is 6.01. The molecule has 0 atom stereocenters. The van der Waals surface area contributed by atoms with Gasteiger partial charge in [-0.05, 0) is 24.1 Å². The zero-order chi connectivity index (χ0) is 13.0. The number of nitrogens with zero attached hydrogens (tertiary/aromatic N) is 3. The van der Waals surface area contributed by atoms with Crippen LogP contribution in [0.2, 0.25) is 0 Å². The molecule has 2 rings (SSSR count). The lowest BCUT2D eigenvalue weighted by Crippen LogP contribution is -2.06. The van der Waals surface area contributed by atoms with Crippen LogP contribution in [0.15, 0.2) is 24.3 Å². The SMILES string of the molecule is CCCn1nnc(CO)c1Cc1ccc(F)cc1. The van der Waals surface area contributed by atoms with Crippen molar-refractivity contribution in [2.24, 2.45) is 0 Å². The largest absolute Gasteiger partial charge is 0.390 e. The summed E-state index contributed by atoms with van der Waals surface area (Å²) in [6, 6.07) is 6.34. The van der Waals surface area contributed by atoms with E-state index in [1.54, 1.807) is 16.8 Å². The summed E-state index contributed by atoms with van der Waals surface area (Å²) in [7, 11) is 0. The van der Waals surface area contributed by atoms with Crippen molar-refractivity contribution in [2.75, 3.05) is 0 Å². The van der Waals surface area contributed by atoms with Crippen molar-refractivity contribution in [1.82, 2.24) is 15.0 Å². The highest BCUT2D eigenvalue weighted by atomic mass is 19.1. The molecule has 0 aliphatic carbocycles. The second-order valence-electron chi connectivity index (χ2n) is 4.17. The minimum atomic E-state index is -0.249. The minimum absolute atomic E-state index is 0.125. The van der Waals surface area contributed by atoms with E-state index < -0.39 is 0 Å². The van der Waals surface area contributed by atoms with Crippen LogP contribution in [-0.2, 0) is 19.6 Å². The van der Waals surface area contributed by atoms with Crippen molar-refractivity contribution in [3.8, 4) is 0 Å². The average molecular weight is 249 g/mol. The van der Waals surface area contributed by atoms with Crippen molar-refractivity contribution < 1.29 is 9.50 Å². The molecule has 0 amide bonds. The van der Waals surface area contributed by atoms with Gasteiger partial charge >= 0.3 is 0 Å². The van der Waals surface area contributed by atoms with E-state index in [-0.39, 0.29) is 12.4 Å². The summed E-state index contributed by atoms with van der Waals surface area (Å²) in [6.07, 6.45) is 1.55. The molecule has 0 fully saturated rings. The topological polar surface area (TPSA) is 50.9 Å². The molecule has 0 saturated heterocycles. The van der Waals surface area contributed by atoms with Crippen LogP contribution in [0.3, 0.4) is 0 Å². The van der Waals surface area contributed by atoms with E-state index in [4.69, 9.17) is 0 Å². The molecule has 0 radical (unpaired) electrons. The van der Waals surface area contributed by atoms with Gasteiger partial charge in [-0.2, -0.15) is 0 Å². The maximum atomic E-state index is 12.8. The number of hydrogen-bond acceptors (Lipinski definition) is 3. The fraction of sp³-hybridized carbons (Fsp3) is 0.385. The molecule has 96 valence electrons. The molecule has 2 aromatic rings. The molecule has 0 aliphatic rings. The molecule has 1 heterocycles. The standard InChI is InChI=1S/C13H16FN3O/c1-2-7-17-13(12(9-18)15-16-17)8-10-3-5-11(14)6-4-10/h3-6,18H,2,7-9H2,1H3. The van der Waals surface area contributed by atoms with Gasteiger partial charge in [0.15, 0.2) is 0 Å². The molecule has 0 unspecified atom stereocenters. The first-order valence-electron chi connectivity index (χ1n) is 6.01. The van der Waals surface area contributed by atoms with Crippen molar-refractivity contribution >= 4 is 0 Å². The zero-order valence-corrected chi connectivity index (χ0v) is 10.3. The number of halogens is 1. The van der Waals surface area contributed by atoms with Crippen molar-refractivity contribution in [1.29, 1.82) is 0 Å². The summed E-state index contributed by atoms with van der Waals surface area (Å²) in [4.78, 5) is 0. The highest BCUT2D eigenvalue weighted by molar-refractivity contribution is 5.24. The Kier molecular flexibility index (Phi) is 4.04. The molecular weight excluding hydrogens is 233 g/mol. The number of aromatic nitrogens is 3. The second-order valence-corrected chi connectivity index (χ2v) is 4.17. The predicted octanol–water partition coefficient (Wildman–Crippen LogP) is 1.91. The van der Waals surface area contributed by atoms with Gasteiger partial charge in [-0.25, -0.2) is 9.07 Å². The smallest absolute Gasteiger partial charge is 0.123 e. The van der Waals surface area contributed by atoms with Gasteiger partial charge in [0.1, 0.15) is 11.5 Å². The summed E-state index contributed by atoms with van der Waals surface area (Å²) in [5.41, 5.74) is 2.46. The number of benzene rings is 1. The van der Waals surface area contributed by atoms with Gasteiger partial charge in [-0.1, -0.05) is 24.3 Å². The quantitative estimate of drug-likeness (QED) is 0.880. The Bertz CT molecular complexity index is 507. The lowest BCUT2D eigenvalue weighted by atomic mass is 10.1. The Morgan fingerprint density at radius 3 is 2.61 bits per heavy atom. The molecular formula is C13H16FN3O. The van der Waals surface area contributed by atoms with E-state index in [1.165, 1.54) is 12.1 Å². The Morgan fingerprint density at radius 2 is 2.00 bits per heavy atom. The molecule has 18 heavy (non-hydrogen) atoms. The van der Waals surface area contributed by atoms with Gasteiger partial charge in [0, 0.05) is 13.0 Å². The normalized spacial score (nSPS) is 10.8. The van der Waals surface area contributed by atoms with Gasteiger partial charge in [-0.3, -0.25) is 0 Å². The van der Waals surface area contributed by atoms with E-state index in [9.17, 15) is 9.50 Å². The van der Waals surface area contributed by atoms with Crippen molar-refractivity contribution in [2.45, 2.75) is 32.9 Å². The van der Waals surface area contributed by atoms with Crippen LogP contribution in [0.5, 0.6) is 0 Å². The molecule has 1 aromatic carbocycles. The molecule has 4 nitrogen and oxygen atoms in total. The van der Waals surface area contributed by atoms with Crippen LogP contribution >= 0.6 is 0 Å². The zero-order valence-electron chi connectivity index (χ0n) is 10.3. The van der Waals surface area contributed by atoms with Gasteiger partial charge in [0.25, 0.3) is 0 Å². The number of aliphatic hydroxyl groups is 1. The Labute approximate surface area is 105 Å². The van der Waals surface area contributed by atoms with Gasteiger partial charge in [0.2, 0.25) is 0 Å².